The Morgan fingerprint density at radius 3 is 2.48 bits per heavy atom. The summed E-state index contributed by atoms with van der Waals surface area (Å²) >= 11 is 0. The van der Waals surface area contributed by atoms with Gasteiger partial charge >= 0.3 is 0 Å². The number of nitrogens with zero attached hydrogens (tertiary/aromatic N) is 1. The third-order valence-corrected chi connectivity index (χ3v) is 5.48. The van der Waals surface area contributed by atoms with E-state index in [4.69, 9.17) is 4.74 Å². The van der Waals surface area contributed by atoms with Crippen LogP contribution >= 0.6 is 0 Å². The highest BCUT2D eigenvalue weighted by atomic mass is 16.5. The molecule has 0 bridgehead atoms. The molecule has 1 aromatic carbocycles. The number of benzene rings is 1. The third-order valence-electron chi connectivity index (χ3n) is 5.48. The summed E-state index contributed by atoms with van der Waals surface area (Å²) < 4.78 is 5.33. The molecule has 21 heavy (non-hydrogen) atoms. The zero-order valence-electron chi connectivity index (χ0n) is 13.5. The fourth-order valence-corrected chi connectivity index (χ4v) is 4.48. The van der Waals surface area contributed by atoms with Gasteiger partial charge in [-0.2, -0.15) is 0 Å². The molecule has 3 rings (SSSR count). The zero-order valence-corrected chi connectivity index (χ0v) is 13.5. The number of likely N-dealkylation sites (N-methyl/N-ethyl adjacent to an activating group) is 1. The summed E-state index contributed by atoms with van der Waals surface area (Å²) in [6, 6.07) is 6.35. The normalized spacial score (nSPS) is 27.1. The van der Waals surface area contributed by atoms with Crippen molar-refractivity contribution in [1.29, 1.82) is 0 Å². The Kier molecular flexibility index (Phi) is 3.74. The van der Waals surface area contributed by atoms with E-state index in [0.29, 0.717) is 0 Å². The van der Waals surface area contributed by atoms with Gasteiger partial charge in [0.15, 0.2) is 0 Å². The molecule has 3 heteroatoms. The number of hydrogen-bond donors (Lipinski definition) is 1. The summed E-state index contributed by atoms with van der Waals surface area (Å²) in [4.78, 5) is 2.22. The summed E-state index contributed by atoms with van der Waals surface area (Å²) in [5.41, 5.74) is 2.03. The predicted octanol–water partition coefficient (Wildman–Crippen LogP) is 2.75. The Labute approximate surface area is 127 Å². The van der Waals surface area contributed by atoms with E-state index in [1.807, 2.05) is 6.07 Å². The zero-order chi connectivity index (χ0) is 15.1. The number of hydrogen-bond acceptors (Lipinski definition) is 3. The number of aliphatic hydroxyl groups is 1. The topological polar surface area (TPSA) is 32.7 Å². The molecule has 0 heterocycles. The second-order valence-corrected chi connectivity index (χ2v) is 7.11. The van der Waals surface area contributed by atoms with Crippen LogP contribution in [0.25, 0.3) is 0 Å². The maximum atomic E-state index is 11.4. The van der Waals surface area contributed by atoms with Crippen molar-refractivity contribution >= 4 is 0 Å². The van der Waals surface area contributed by atoms with Gasteiger partial charge in [0.2, 0.25) is 0 Å². The molecule has 1 aromatic rings. The maximum absolute atomic E-state index is 11.4. The van der Waals surface area contributed by atoms with E-state index >= 15 is 0 Å². The van der Waals surface area contributed by atoms with Gasteiger partial charge in [-0.25, -0.2) is 0 Å². The fraction of sp³-hybridized carbons (Fsp3) is 0.667. The minimum absolute atomic E-state index is 0.0987. The monoisotopic (exact) mass is 289 g/mol. The Bertz CT molecular complexity index is 520. The molecule has 2 aliphatic carbocycles. The van der Waals surface area contributed by atoms with Gasteiger partial charge < -0.3 is 14.7 Å². The highest BCUT2D eigenvalue weighted by Gasteiger charge is 2.57. The van der Waals surface area contributed by atoms with Gasteiger partial charge in [-0.15, -0.1) is 0 Å². The van der Waals surface area contributed by atoms with Crippen molar-refractivity contribution in [2.24, 2.45) is 0 Å². The number of rotatable bonds is 4. The van der Waals surface area contributed by atoms with Gasteiger partial charge in [-0.1, -0.05) is 25.3 Å². The van der Waals surface area contributed by atoms with E-state index in [1.54, 1.807) is 7.11 Å². The molecule has 0 amide bonds. The Morgan fingerprint density at radius 1 is 1.19 bits per heavy atom. The van der Waals surface area contributed by atoms with Gasteiger partial charge in [0.05, 0.1) is 12.7 Å². The van der Waals surface area contributed by atoms with E-state index in [-0.39, 0.29) is 5.41 Å². The molecule has 0 aliphatic heterocycles. The van der Waals surface area contributed by atoms with Crippen molar-refractivity contribution in [2.75, 3.05) is 27.7 Å². The third kappa shape index (κ3) is 2.27. The van der Waals surface area contributed by atoms with Crippen LogP contribution in [0.3, 0.4) is 0 Å². The van der Waals surface area contributed by atoms with Crippen LogP contribution in [0.5, 0.6) is 5.75 Å². The standard InChI is InChI=1S/C18H27NO2/c1-19(2)13-17(18(20)9-5-4-6-10-18)12-14-11-15(21-3)7-8-16(14)17/h7-8,11,20H,4-6,9-10,12-13H2,1-3H3. The SMILES string of the molecule is COc1ccc2c(c1)CC2(CN(C)C)C1(O)CCCCC1. The van der Waals surface area contributed by atoms with E-state index in [0.717, 1.165) is 44.4 Å². The molecule has 1 fully saturated rings. The number of fused-ring (bicyclic) bond motifs is 1. The van der Waals surface area contributed by atoms with Crippen LogP contribution in [0.1, 0.15) is 43.2 Å². The predicted molar refractivity (Wildman–Crippen MR) is 85.0 cm³/mol. The van der Waals surface area contributed by atoms with Crippen molar-refractivity contribution in [2.45, 2.75) is 49.5 Å². The second kappa shape index (κ2) is 5.29. The van der Waals surface area contributed by atoms with Crippen LogP contribution in [0.2, 0.25) is 0 Å². The van der Waals surface area contributed by atoms with Crippen LogP contribution in [0, 0.1) is 0 Å². The van der Waals surface area contributed by atoms with Gasteiger partial charge in [0.25, 0.3) is 0 Å². The first-order valence-corrected chi connectivity index (χ1v) is 8.05. The van der Waals surface area contributed by atoms with E-state index in [2.05, 4.69) is 31.1 Å². The lowest BCUT2D eigenvalue weighted by Gasteiger charge is -2.57. The molecule has 0 saturated heterocycles. The largest absolute Gasteiger partial charge is 0.497 e. The smallest absolute Gasteiger partial charge is 0.119 e. The lowest BCUT2D eigenvalue weighted by atomic mass is 9.52. The first-order chi connectivity index (χ1) is 10.0. The molecule has 1 saturated carbocycles. The van der Waals surface area contributed by atoms with Crippen molar-refractivity contribution in [3.05, 3.63) is 29.3 Å². The average Bonchev–Trinajstić information content (AvgIpc) is 2.44. The van der Waals surface area contributed by atoms with Crippen molar-refractivity contribution in [3.63, 3.8) is 0 Å². The molecule has 3 nitrogen and oxygen atoms in total. The first-order valence-electron chi connectivity index (χ1n) is 8.05. The van der Waals surface area contributed by atoms with Gasteiger partial charge in [-0.05, 0) is 56.6 Å². The molecule has 2 aliphatic rings. The molecule has 0 aromatic heterocycles. The Hall–Kier alpha value is -1.06. The summed E-state index contributed by atoms with van der Waals surface area (Å²) in [7, 11) is 5.92. The molecule has 0 radical (unpaired) electrons. The second-order valence-electron chi connectivity index (χ2n) is 7.11. The summed E-state index contributed by atoms with van der Waals surface area (Å²) in [5.74, 6) is 0.919. The highest BCUT2D eigenvalue weighted by Crippen LogP contribution is 2.54. The number of methoxy groups -OCH3 is 1. The van der Waals surface area contributed by atoms with Crippen LogP contribution in [0.4, 0.5) is 0 Å². The van der Waals surface area contributed by atoms with Crippen LogP contribution in [0.15, 0.2) is 18.2 Å². The summed E-state index contributed by atoms with van der Waals surface area (Å²) in [5, 5.41) is 11.4. The van der Waals surface area contributed by atoms with Crippen molar-refractivity contribution in [3.8, 4) is 5.75 Å². The molecule has 1 atom stereocenters. The highest BCUT2D eigenvalue weighted by molar-refractivity contribution is 5.52. The molecular formula is C18H27NO2. The first kappa shape index (κ1) is 14.9. The van der Waals surface area contributed by atoms with Crippen LogP contribution < -0.4 is 4.74 Å². The van der Waals surface area contributed by atoms with E-state index < -0.39 is 5.60 Å². The number of ether oxygens (including phenoxy) is 1. The van der Waals surface area contributed by atoms with E-state index in [9.17, 15) is 5.11 Å². The molecular weight excluding hydrogens is 262 g/mol. The van der Waals surface area contributed by atoms with Gasteiger partial charge in [-0.3, -0.25) is 0 Å². The fourth-order valence-electron chi connectivity index (χ4n) is 4.48. The molecule has 1 unspecified atom stereocenters. The molecule has 1 N–H and O–H groups in total. The van der Waals surface area contributed by atoms with E-state index in [1.165, 1.54) is 17.5 Å². The Morgan fingerprint density at radius 2 is 1.90 bits per heavy atom. The van der Waals surface area contributed by atoms with Crippen molar-refractivity contribution < 1.29 is 9.84 Å². The molecule has 0 spiro atoms. The summed E-state index contributed by atoms with van der Waals surface area (Å²) in [6.45, 7) is 0.919. The average molecular weight is 289 g/mol. The summed E-state index contributed by atoms with van der Waals surface area (Å²) in [6.07, 6.45) is 6.40. The quantitative estimate of drug-likeness (QED) is 0.925. The van der Waals surface area contributed by atoms with Gasteiger partial charge in [0.1, 0.15) is 5.75 Å². The Balaban J connectivity index is 1.99. The molecule has 116 valence electrons. The van der Waals surface area contributed by atoms with Crippen LogP contribution in [-0.2, 0) is 11.8 Å². The van der Waals surface area contributed by atoms with Gasteiger partial charge in [0, 0.05) is 12.0 Å². The minimum Gasteiger partial charge on any atom is -0.497 e. The van der Waals surface area contributed by atoms with Crippen molar-refractivity contribution in [1.82, 2.24) is 4.90 Å². The lowest BCUT2D eigenvalue weighted by molar-refractivity contribution is -0.0870. The lowest BCUT2D eigenvalue weighted by Crippen LogP contribution is -2.63. The minimum atomic E-state index is -0.545. The van der Waals surface area contributed by atoms with Crippen LogP contribution in [-0.4, -0.2) is 43.4 Å². The maximum Gasteiger partial charge on any atom is 0.119 e.